The molecule has 3 N–H and O–H groups in total. The van der Waals surface area contributed by atoms with Crippen molar-refractivity contribution in [2.45, 2.75) is 11.3 Å². The summed E-state index contributed by atoms with van der Waals surface area (Å²) in [4.78, 5) is 0.162. The second-order valence-corrected chi connectivity index (χ2v) is 6.37. The Bertz CT molecular complexity index is 796. The third-order valence-electron chi connectivity index (χ3n) is 3.14. The molecule has 5 nitrogen and oxygen atoms in total. The number of nitrogens with two attached hydrogens (primary N) is 1. The summed E-state index contributed by atoms with van der Waals surface area (Å²) in [6.07, 6.45) is 4.28. The lowest BCUT2D eigenvalue weighted by Gasteiger charge is -2.14. The minimum Gasteiger partial charge on any atom is -0.465 e. The van der Waals surface area contributed by atoms with E-state index in [0.29, 0.717) is 17.1 Å². The van der Waals surface area contributed by atoms with E-state index >= 15 is 0 Å². The van der Waals surface area contributed by atoms with Crippen molar-refractivity contribution in [1.82, 2.24) is 0 Å². The first-order valence-corrected chi connectivity index (χ1v) is 7.86. The summed E-state index contributed by atoms with van der Waals surface area (Å²) in [6.45, 7) is 0. The van der Waals surface area contributed by atoms with Gasteiger partial charge in [0.15, 0.2) is 0 Å². The highest BCUT2D eigenvalue weighted by atomic mass is 32.2. The maximum Gasteiger partial charge on any atom is 0.261 e. The van der Waals surface area contributed by atoms with Crippen LogP contribution in [0.2, 0.25) is 0 Å². The number of benzene rings is 2. The lowest BCUT2D eigenvalue weighted by atomic mass is 10.1. The van der Waals surface area contributed by atoms with Gasteiger partial charge < -0.3 is 10.5 Å². The average molecular weight is 302 g/mol. The van der Waals surface area contributed by atoms with Crippen LogP contribution in [0.15, 0.2) is 59.7 Å². The highest BCUT2D eigenvalue weighted by molar-refractivity contribution is 7.92. The third kappa shape index (κ3) is 2.85. The lowest BCUT2D eigenvalue weighted by molar-refractivity contribution is 0.465. The molecule has 0 bridgehead atoms. The molecule has 0 atom stereocenters. The van der Waals surface area contributed by atoms with Gasteiger partial charge in [-0.3, -0.25) is 4.72 Å². The number of ether oxygens (including phenoxy) is 1. The van der Waals surface area contributed by atoms with E-state index in [1.165, 1.54) is 12.1 Å². The van der Waals surface area contributed by atoms with Crippen LogP contribution in [0.3, 0.4) is 0 Å². The molecule has 0 unspecified atom stereocenters. The van der Waals surface area contributed by atoms with Crippen LogP contribution < -0.4 is 15.2 Å². The third-order valence-corrected chi connectivity index (χ3v) is 4.54. The number of allylic oxidation sites excluding steroid dienone is 1. The molecule has 21 heavy (non-hydrogen) atoms. The Balaban J connectivity index is 1.87. The molecule has 0 saturated heterocycles. The van der Waals surface area contributed by atoms with Crippen molar-refractivity contribution in [1.29, 1.82) is 0 Å². The van der Waals surface area contributed by atoms with E-state index in [4.69, 9.17) is 10.5 Å². The van der Waals surface area contributed by atoms with Gasteiger partial charge in [-0.15, -0.1) is 0 Å². The largest absolute Gasteiger partial charge is 0.465 e. The number of nitrogens with one attached hydrogen (secondary N) is 1. The summed E-state index contributed by atoms with van der Waals surface area (Å²) in [5, 5.41) is 0. The first-order chi connectivity index (χ1) is 10.0. The minimum absolute atomic E-state index is 0.162. The molecular formula is C15H14N2O3S. The summed E-state index contributed by atoms with van der Waals surface area (Å²) in [5.41, 5.74) is 7.56. The number of rotatable bonds is 3. The zero-order chi connectivity index (χ0) is 14.9. The molecule has 0 aromatic heterocycles. The molecule has 1 heterocycles. The lowest BCUT2D eigenvalue weighted by Crippen LogP contribution is -2.13. The number of nitrogen functional groups attached to an aromatic ring is 1. The predicted octanol–water partition coefficient (Wildman–Crippen LogP) is 2.52. The zero-order valence-corrected chi connectivity index (χ0v) is 11.9. The zero-order valence-electron chi connectivity index (χ0n) is 11.1. The van der Waals surface area contributed by atoms with Gasteiger partial charge in [-0.05, 0) is 48.4 Å². The number of hydrogen-bond donors (Lipinski definition) is 2. The van der Waals surface area contributed by atoms with Gasteiger partial charge in [0.1, 0.15) is 5.75 Å². The van der Waals surface area contributed by atoms with Crippen LogP contribution >= 0.6 is 0 Å². The van der Waals surface area contributed by atoms with Gasteiger partial charge in [-0.2, -0.15) is 0 Å². The Morgan fingerprint density at radius 3 is 2.62 bits per heavy atom. The molecule has 0 amide bonds. The standard InChI is InChI=1S/C15H14N2O3S/c16-12-4-7-14(8-5-12)21(18,19)17-13-6-3-11-2-1-9-20-15(11)10-13/h1,3-10,17H,2,16H2. The van der Waals surface area contributed by atoms with E-state index in [-0.39, 0.29) is 4.90 Å². The van der Waals surface area contributed by atoms with Gasteiger partial charge in [0.05, 0.1) is 16.8 Å². The number of anilines is 2. The van der Waals surface area contributed by atoms with Crippen LogP contribution in [-0.2, 0) is 16.4 Å². The molecule has 0 aliphatic carbocycles. The van der Waals surface area contributed by atoms with Gasteiger partial charge in [0, 0.05) is 11.8 Å². The molecule has 6 heteroatoms. The molecular weight excluding hydrogens is 288 g/mol. The van der Waals surface area contributed by atoms with Crippen LogP contribution in [0.4, 0.5) is 11.4 Å². The van der Waals surface area contributed by atoms with E-state index in [1.807, 2.05) is 12.1 Å². The summed E-state index contributed by atoms with van der Waals surface area (Å²) in [6, 6.07) is 11.3. The van der Waals surface area contributed by atoms with Crippen LogP contribution in [0.5, 0.6) is 5.75 Å². The molecule has 0 spiro atoms. The van der Waals surface area contributed by atoms with Crippen LogP contribution in [-0.4, -0.2) is 8.42 Å². The fraction of sp³-hybridized carbons (Fsp3) is 0.0667. The molecule has 2 aromatic carbocycles. The Morgan fingerprint density at radius 2 is 1.86 bits per heavy atom. The fourth-order valence-electron chi connectivity index (χ4n) is 2.05. The van der Waals surface area contributed by atoms with Gasteiger partial charge in [-0.1, -0.05) is 6.07 Å². The van der Waals surface area contributed by atoms with Gasteiger partial charge in [0.25, 0.3) is 10.0 Å². The van der Waals surface area contributed by atoms with E-state index in [2.05, 4.69) is 4.72 Å². The predicted molar refractivity (Wildman–Crippen MR) is 81.6 cm³/mol. The van der Waals surface area contributed by atoms with E-state index in [9.17, 15) is 8.42 Å². The topological polar surface area (TPSA) is 81.4 Å². The van der Waals surface area contributed by atoms with E-state index in [1.54, 1.807) is 30.5 Å². The SMILES string of the molecule is Nc1ccc(S(=O)(=O)Nc2ccc3c(c2)OC=CC3)cc1. The number of fused-ring (bicyclic) bond motifs is 1. The molecule has 3 rings (SSSR count). The summed E-state index contributed by atoms with van der Waals surface area (Å²) < 4.78 is 32.4. The monoisotopic (exact) mass is 302 g/mol. The van der Waals surface area contributed by atoms with E-state index in [0.717, 1.165) is 12.0 Å². The Hall–Kier alpha value is -2.47. The maximum atomic E-state index is 12.3. The quantitative estimate of drug-likeness (QED) is 0.854. The number of sulfonamides is 1. The molecule has 1 aliphatic rings. The Kier molecular flexibility index (Phi) is 3.31. The average Bonchev–Trinajstić information content (AvgIpc) is 2.47. The first-order valence-electron chi connectivity index (χ1n) is 6.37. The number of hydrogen-bond acceptors (Lipinski definition) is 4. The first kappa shape index (κ1) is 13.5. The van der Waals surface area contributed by atoms with Crippen molar-refractivity contribution in [3.8, 4) is 5.75 Å². The Labute approximate surface area is 123 Å². The van der Waals surface area contributed by atoms with Crippen molar-refractivity contribution in [3.63, 3.8) is 0 Å². The molecule has 2 aromatic rings. The molecule has 1 aliphatic heterocycles. The summed E-state index contributed by atoms with van der Waals surface area (Å²) >= 11 is 0. The van der Waals surface area contributed by atoms with Crippen LogP contribution in [0, 0.1) is 0 Å². The van der Waals surface area contributed by atoms with Crippen LogP contribution in [0.1, 0.15) is 5.56 Å². The van der Waals surface area contributed by atoms with Crippen molar-refractivity contribution in [2.75, 3.05) is 10.5 Å². The van der Waals surface area contributed by atoms with Crippen molar-refractivity contribution in [3.05, 3.63) is 60.4 Å². The van der Waals surface area contributed by atoms with E-state index < -0.39 is 10.0 Å². The normalized spacial score (nSPS) is 13.3. The highest BCUT2D eigenvalue weighted by Crippen LogP contribution is 2.28. The minimum atomic E-state index is -3.64. The molecule has 0 fully saturated rings. The van der Waals surface area contributed by atoms with Crippen molar-refractivity contribution in [2.24, 2.45) is 0 Å². The van der Waals surface area contributed by atoms with Gasteiger partial charge >= 0.3 is 0 Å². The van der Waals surface area contributed by atoms with Gasteiger partial charge in [0.2, 0.25) is 0 Å². The van der Waals surface area contributed by atoms with Gasteiger partial charge in [-0.25, -0.2) is 8.42 Å². The molecule has 0 radical (unpaired) electrons. The highest BCUT2D eigenvalue weighted by Gasteiger charge is 2.15. The fourth-order valence-corrected chi connectivity index (χ4v) is 3.10. The summed E-state index contributed by atoms with van der Waals surface area (Å²) in [7, 11) is -3.64. The van der Waals surface area contributed by atoms with Crippen molar-refractivity contribution < 1.29 is 13.2 Å². The van der Waals surface area contributed by atoms with Crippen molar-refractivity contribution >= 4 is 21.4 Å². The second kappa shape index (κ2) is 5.14. The molecule has 0 saturated carbocycles. The second-order valence-electron chi connectivity index (χ2n) is 4.69. The van der Waals surface area contributed by atoms with Crippen LogP contribution in [0.25, 0.3) is 0 Å². The summed E-state index contributed by atoms with van der Waals surface area (Å²) in [5.74, 6) is 0.662. The molecule has 108 valence electrons. The Morgan fingerprint density at radius 1 is 1.10 bits per heavy atom. The smallest absolute Gasteiger partial charge is 0.261 e. The maximum absolute atomic E-state index is 12.3.